The number of carbonyl (C=O) groups excluding carboxylic acids is 2. The lowest BCUT2D eigenvalue weighted by Crippen LogP contribution is -2.38. The number of amides is 2. The molecule has 0 unspecified atom stereocenters. The molecule has 0 radical (unpaired) electrons. The predicted molar refractivity (Wildman–Crippen MR) is 103 cm³/mol. The molecule has 28 heavy (non-hydrogen) atoms. The van der Waals surface area contributed by atoms with Gasteiger partial charge in [-0.1, -0.05) is 6.07 Å². The molecule has 2 N–H and O–H groups in total. The van der Waals surface area contributed by atoms with Gasteiger partial charge in [-0.05, 0) is 30.3 Å². The fourth-order valence-electron chi connectivity index (χ4n) is 2.35. The molecule has 2 aromatic rings. The van der Waals surface area contributed by atoms with Crippen LogP contribution in [-0.4, -0.2) is 52.8 Å². The number of hydrogen-bond donors (Lipinski definition) is 2. The Morgan fingerprint density at radius 2 is 1.61 bits per heavy atom. The van der Waals surface area contributed by atoms with E-state index in [0.717, 1.165) is 0 Å². The largest absolute Gasteiger partial charge is 0.497 e. The van der Waals surface area contributed by atoms with Crippen molar-refractivity contribution < 1.29 is 28.5 Å². The first kappa shape index (κ1) is 20.9. The number of nitrogens with one attached hydrogen (secondary N) is 2. The molecule has 0 bridgehead atoms. The minimum absolute atomic E-state index is 0.146. The fraction of sp³-hybridized carbons (Fsp3) is 0.300. The van der Waals surface area contributed by atoms with Crippen LogP contribution in [0.5, 0.6) is 23.0 Å². The van der Waals surface area contributed by atoms with E-state index in [0.29, 0.717) is 41.7 Å². The SMILES string of the molecule is COc1cccc(OCCNC(=O)CNC(=O)c2ccc(OC)c(OC)c2)c1. The Hall–Kier alpha value is -3.42. The van der Waals surface area contributed by atoms with E-state index in [1.807, 2.05) is 12.1 Å². The van der Waals surface area contributed by atoms with Crippen molar-refractivity contribution in [3.8, 4) is 23.0 Å². The zero-order chi connectivity index (χ0) is 20.4. The molecule has 0 saturated heterocycles. The fourth-order valence-corrected chi connectivity index (χ4v) is 2.35. The van der Waals surface area contributed by atoms with Gasteiger partial charge in [0.2, 0.25) is 5.91 Å². The number of rotatable bonds is 10. The normalized spacial score (nSPS) is 9.96. The van der Waals surface area contributed by atoms with Crippen LogP contribution in [0.15, 0.2) is 42.5 Å². The Kier molecular flexibility index (Phi) is 7.95. The first-order valence-electron chi connectivity index (χ1n) is 8.61. The highest BCUT2D eigenvalue weighted by Crippen LogP contribution is 2.27. The second-order valence-electron chi connectivity index (χ2n) is 5.63. The van der Waals surface area contributed by atoms with Gasteiger partial charge >= 0.3 is 0 Å². The molecule has 0 saturated carbocycles. The topological polar surface area (TPSA) is 95.1 Å². The molecular weight excluding hydrogens is 364 g/mol. The minimum atomic E-state index is -0.385. The summed E-state index contributed by atoms with van der Waals surface area (Å²) in [5, 5.41) is 5.23. The second kappa shape index (κ2) is 10.7. The molecule has 0 fully saturated rings. The molecule has 0 spiro atoms. The van der Waals surface area contributed by atoms with Crippen LogP contribution in [0, 0.1) is 0 Å². The van der Waals surface area contributed by atoms with Crippen LogP contribution in [0.4, 0.5) is 0 Å². The monoisotopic (exact) mass is 388 g/mol. The quantitative estimate of drug-likeness (QED) is 0.601. The van der Waals surface area contributed by atoms with Gasteiger partial charge in [-0.3, -0.25) is 9.59 Å². The summed E-state index contributed by atoms with van der Waals surface area (Å²) in [5.41, 5.74) is 0.367. The van der Waals surface area contributed by atoms with E-state index in [2.05, 4.69) is 10.6 Å². The summed E-state index contributed by atoms with van der Waals surface area (Å²) >= 11 is 0. The molecule has 0 aliphatic rings. The van der Waals surface area contributed by atoms with E-state index in [1.165, 1.54) is 14.2 Å². The Bertz CT molecular complexity index is 809. The van der Waals surface area contributed by atoms with Crippen molar-refractivity contribution in [2.24, 2.45) is 0 Å². The van der Waals surface area contributed by atoms with Crippen LogP contribution >= 0.6 is 0 Å². The zero-order valence-corrected chi connectivity index (χ0v) is 16.1. The third kappa shape index (κ3) is 6.08. The summed E-state index contributed by atoms with van der Waals surface area (Å²) < 4.78 is 20.9. The third-order valence-corrected chi connectivity index (χ3v) is 3.79. The summed E-state index contributed by atoms with van der Waals surface area (Å²) in [6.07, 6.45) is 0. The number of benzene rings is 2. The molecule has 8 nitrogen and oxygen atoms in total. The van der Waals surface area contributed by atoms with E-state index in [1.54, 1.807) is 37.4 Å². The molecule has 2 rings (SSSR count). The summed E-state index contributed by atoms with van der Waals surface area (Å²) in [6.45, 7) is 0.455. The highest BCUT2D eigenvalue weighted by molar-refractivity contribution is 5.97. The maximum atomic E-state index is 12.2. The van der Waals surface area contributed by atoms with E-state index < -0.39 is 0 Å². The van der Waals surface area contributed by atoms with Gasteiger partial charge in [0.05, 0.1) is 34.4 Å². The highest BCUT2D eigenvalue weighted by atomic mass is 16.5. The standard InChI is InChI=1S/C20H24N2O6/c1-25-15-5-4-6-16(12-15)28-10-9-21-19(23)13-22-20(24)14-7-8-17(26-2)18(11-14)27-3/h4-8,11-12H,9-10,13H2,1-3H3,(H,21,23)(H,22,24). The lowest BCUT2D eigenvalue weighted by Gasteiger charge is -2.11. The van der Waals surface area contributed by atoms with Crippen molar-refractivity contribution in [3.63, 3.8) is 0 Å². The first-order valence-corrected chi connectivity index (χ1v) is 8.61. The minimum Gasteiger partial charge on any atom is -0.497 e. The van der Waals surface area contributed by atoms with Gasteiger partial charge in [0.25, 0.3) is 5.91 Å². The molecular formula is C20H24N2O6. The van der Waals surface area contributed by atoms with Crippen molar-refractivity contribution in [1.29, 1.82) is 0 Å². The smallest absolute Gasteiger partial charge is 0.251 e. The maximum absolute atomic E-state index is 12.2. The molecule has 0 heterocycles. The molecule has 0 aliphatic heterocycles. The van der Waals surface area contributed by atoms with Crippen molar-refractivity contribution in [2.45, 2.75) is 0 Å². The Morgan fingerprint density at radius 1 is 0.857 bits per heavy atom. The van der Waals surface area contributed by atoms with Gasteiger partial charge in [-0.25, -0.2) is 0 Å². The third-order valence-electron chi connectivity index (χ3n) is 3.79. The van der Waals surface area contributed by atoms with E-state index in [9.17, 15) is 9.59 Å². The van der Waals surface area contributed by atoms with Crippen molar-refractivity contribution in [2.75, 3.05) is 41.0 Å². The molecule has 0 aromatic heterocycles. The lowest BCUT2D eigenvalue weighted by atomic mass is 10.2. The van der Waals surface area contributed by atoms with Crippen molar-refractivity contribution in [1.82, 2.24) is 10.6 Å². The summed E-state index contributed by atoms with van der Waals surface area (Å²) in [4.78, 5) is 24.0. The average molecular weight is 388 g/mol. The summed E-state index contributed by atoms with van der Waals surface area (Å²) in [7, 11) is 4.58. The van der Waals surface area contributed by atoms with E-state index in [4.69, 9.17) is 18.9 Å². The van der Waals surface area contributed by atoms with Crippen LogP contribution in [0.1, 0.15) is 10.4 Å². The Balaban J connectivity index is 1.72. The lowest BCUT2D eigenvalue weighted by molar-refractivity contribution is -0.120. The maximum Gasteiger partial charge on any atom is 0.251 e. The van der Waals surface area contributed by atoms with Gasteiger partial charge in [-0.15, -0.1) is 0 Å². The molecule has 8 heteroatoms. The average Bonchev–Trinajstić information content (AvgIpc) is 2.74. The van der Waals surface area contributed by atoms with Crippen LogP contribution in [0.25, 0.3) is 0 Å². The van der Waals surface area contributed by atoms with Crippen LogP contribution in [0.2, 0.25) is 0 Å². The number of ether oxygens (including phenoxy) is 4. The second-order valence-corrected chi connectivity index (χ2v) is 5.63. The van der Waals surface area contributed by atoms with Crippen molar-refractivity contribution in [3.05, 3.63) is 48.0 Å². The van der Waals surface area contributed by atoms with Gasteiger partial charge in [-0.2, -0.15) is 0 Å². The molecule has 2 aromatic carbocycles. The Labute approximate surface area is 163 Å². The molecule has 2 amide bonds. The molecule has 0 atom stereocenters. The van der Waals surface area contributed by atoms with Gasteiger partial charge in [0.15, 0.2) is 11.5 Å². The zero-order valence-electron chi connectivity index (χ0n) is 16.1. The van der Waals surface area contributed by atoms with Crippen molar-refractivity contribution >= 4 is 11.8 Å². The highest BCUT2D eigenvalue weighted by Gasteiger charge is 2.11. The summed E-state index contributed by atoms with van der Waals surface area (Å²) in [5.74, 6) is 1.60. The van der Waals surface area contributed by atoms with Gasteiger partial charge in [0, 0.05) is 11.6 Å². The van der Waals surface area contributed by atoms with Gasteiger partial charge in [0.1, 0.15) is 18.1 Å². The van der Waals surface area contributed by atoms with Crippen LogP contribution in [0.3, 0.4) is 0 Å². The van der Waals surface area contributed by atoms with E-state index in [-0.39, 0.29) is 18.4 Å². The molecule has 0 aliphatic carbocycles. The predicted octanol–water partition coefficient (Wildman–Crippen LogP) is 1.64. The van der Waals surface area contributed by atoms with Crippen LogP contribution in [-0.2, 0) is 4.79 Å². The number of carbonyl (C=O) groups is 2. The first-order chi connectivity index (χ1) is 13.6. The summed E-state index contributed by atoms with van der Waals surface area (Å²) in [6, 6.07) is 12.0. The Morgan fingerprint density at radius 3 is 2.32 bits per heavy atom. The van der Waals surface area contributed by atoms with E-state index >= 15 is 0 Å². The molecule has 150 valence electrons. The number of hydrogen-bond acceptors (Lipinski definition) is 6. The van der Waals surface area contributed by atoms with Gasteiger partial charge < -0.3 is 29.6 Å². The van der Waals surface area contributed by atoms with Crippen LogP contribution < -0.4 is 29.6 Å². The number of methoxy groups -OCH3 is 3.